The number of amides is 1. The lowest BCUT2D eigenvalue weighted by Gasteiger charge is -2.26. The standard InChI is InChI=1S/C27H24ClN3O5/c1-4-9-36-21-8-7-16(12-22(21)34-3)26-23-24(18-13-19(28)15(2)11-20(18)32)29-30-25(23)27(33)31(26)14-17-6-5-10-35-17/h4-8,10-13,26,32H,1,9,14H2,2-3H3,(H,29,30). The highest BCUT2D eigenvalue weighted by Gasteiger charge is 2.43. The average molecular weight is 506 g/mol. The van der Waals surface area contributed by atoms with Crippen molar-refractivity contribution in [3.8, 4) is 28.5 Å². The van der Waals surface area contributed by atoms with Gasteiger partial charge in [-0.3, -0.25) is 9.89 Å². The molecule has 1 aliphatic rings. The molecule has 1 atom stereocenters. The van der Waals surface area contributed by atoms with Crippen LogP contribution in [0.25, 0.3) is 11.3 Å². The third-order valence-electron chi connectivity index (χ3n) is 6.16. The smallest absolute Gasteiger partial charge is 0.273 e. The van der Waals surface area contributed by atoms with Crippen molar-refractivity contribution in [2.75, 3.05) is 13.7 Å². The molecule has 2 aromatic carbocycles. The molecular weight excluding hydrogens is 482 g/mol. The van der Waals surface area contributed by atoms with Gasteiger partial charge in [-0.2, -0.15) is 5.10 Å². The fraction of sp³-hybridized carbons (Fsp3) is 0.185. The monoisotopic (exact) mass is 505 g/mol. The average Bonchev–Trinajstić information content (AvgIpc) is 3.60. The van der Waals surface area contributed by atoms with Gasteiger partial charge in [0, 0.05) is 16.1 Å². The minimum atomic E-state index is -0.548. The van der Waals surface area contributed by atoms with E-state index >= 15 is 0 Å². The summed E-state index contributed by atoms with van der Waals surface area (Å²) >= 11 is 6.38. The van der Waals surface area contributed by atoms with Gasteiger partial charge in [0.2, 0.25) is 0 Å². The molecule has 184 valence electrons. The van der Waals surface area contributed by atoms with Crippen molar-refractivity contribution in [2.24, 2.45) is 0 Å². The third kappa shape index (κ3) is 3.99. The molecule has 0 fully saturated rings. The molecule has 5 rings (SSSR count). The first-order valence-electron chi connectivity index (χ1n) is 11.3. The highest BCUT2D eigenvalue weighted by atomic mass is 35.5. The molecule has 0 saturated carbocycles. The van der Waals surface area contributed by atoms with E-state index in [4.69, 9.17) is 25.5 Å². The van der Waals surface area contributed by atoms with Gasteiger partial charge in [-0.25, -0.2) is 0 Å². The number of rotatable bonds is 8. The first-order chi connectivity index (χ1) is 17.4. The van der Waals surface area contributed by atoms with Crippen LogP contribution in [0.1, 0.15) is 39.0 Å². The SMILES string of the molecule is C=CCOc1ccc(C2c3c(-c4cc(Cl)c(C)cc4O)n[nH]c3C(=O)N2Cc2ccco2)cc1OC. The van der Waals surface area contributed by atoms with Gasteiger partial charge in [0.15, 0.2) is 11.5 Å². The summed E-state index contributed by atoms with van der Waals surface area (Å²) in [6.07, 6.45) is 3.22. The van der Waals surface area contributed by atoms with Crippen LogP contribution in [-0.4, -0.2) is 39.8 Å². The van der Waals surface area contributed by atoms with E-state index in [-0.39, 0.29) is 18.2 Å². The maximum atomic E-state index is 13.6. The summed E-state index contributed by atoms with van der Waals surface area (Å²) in [5, 5.41) is 18.5. The van der Waals surface area contributed by atoms with E-state index in [1.165, 1.54) is 0 Å². The lowest BCUT2D eigenvalue weighted by atomic mass is 9.95. The summed E-state index contributed by atoms with van der Waals surface area (Å²) in [6, 6.07) is 11.8. The van der Waals surface area contributed by atoms with Gasteiger partial charge in [-0.1, -0.05) is 30.3 Å². The number of benzene rings is 2. The number of aryl methyl sites for hydroxylation is 1. The minimum Gasteiger partial charge on any atom is -0.507 e. The van der Waals surface area contributed by atoms with E-state index in [1.807, 2.05) is 18.2 Å². The number of phenols is 1. The van der Waals surface area contributed by atoms with E-state index in [9.17, 15) is 9.90 Å². The van der Waals surface area contributed by atoms with Crippen LogP contribution in [0.4, 0.5) is 0 Å². The van der Waals surface area contributed by atoms with Crippen LogP contribution >= 0.6 is 11.6 Å². The number of nitrogens with one attached hydrogen (secondary N) is 1. The van der Waals surface area contributed by atoms with E-state index in [1.54, 1.807) is 55.5 Å². The van der Waals surface area contributed by atoms with Crippen LogP contribution in [0, 0.1) is 6.92 Å². The number of aromatic amines is 1. The number of phenolic OH excluding ortho intramolecular Hbond substituents is 1. The quantitative estimate of drug-likeness (QED) is 0.300. The van der Waals surface area contributed by atoms with E-state index in [2.05, 4.69) is 16.8 Å². The fourth-order valence-corrected chi connectivity index (χ4v) is 4.62. The highest BCUT2D eigenvalue weighted by molar-refractivity contribution is 6.31. The zero-order chi connectivity index (χ0) is 25.4. The van der Waals surface area contributed by atoms with Gasteiger partial charge < -0.3 is 23.9 Å². The molecule has 1 unspecified atom stereocenters. The van der Waals surface area contributed by atoms with Gasteiger partial charge in [0.05, 0.1) is 26.0 Å². The number of aromatic nitrogens is 2. The minimum absolute atomic E-state index is 0.0210. The second-order valence-electron chi connectivity index (χ2n) is 8.40. The Bertz CT molecular complexity index is 1440. The number of hydrogen-bond donors (Lipinski definition) is 2. The Morgan fingerprint density at radius 2 is 2.11 bits per heavy atom. The molecule has 8 nitrogen and oxygen atoms in total. The van der Waals surface area contributed by atoms with E-state index < -0.39 is 6.04 Å². The highest BCUT2D eigenvalue weighted by Crippen LogP contribution is 2.47. The topological polar surface area (TPSA) is 101 Å². The summed E-state index contributed by atoms with van der Waals surface area (Å²) in [4.78, 5) is 15.3. The first kappa shape index (κ1) is 23.6. The molecule has 0 radical (unpaired) electrons. The second kappa shape index (κ2) is 9.47. The van der Waals surface area contributed by atoms with Crippen molar-refractivity contribution in [3.63, 3.8) is 0 Å². The van der Waals surface area contributed by atoms with Gasteiger partial charge in [0.25, 0.3) is 5.91 Å². The zero-order valence-corrected chi connectivity index (χ0v) is 20.5. The predicted octanol–water partition coefficient (Wildman–Crippen LogP) is 5.66. The molecule has 0 aliphatic carbocycles. The van der Waals surface area contributed by atoms with Crippen molar-refractivity contribution in [1.82, 2.24) is 15.1 Å². The molecule has 1 amide bonds. The van der Waals surface area contributed by atoms with Crippen LogP contribution in [0.3, 0.4) is 0 Å². The van der Waals surface area contributed by atoms with Gasteiger partial charge >= 0.3 is 0 Å². The molecule has 0 spiro atoms. The van der Waals surface area contributed by atoms with E-state index in [0.717, 1.165) is 11.1 Å². The molecule has 1 aliphatic heterocycles. The van der Waals surface area contributed by atoms with E-state index in [0.29, 0.717) is 51.4 Å². The van der Waals surface area contributed by atoms with Gasteiger partial charge in [0.1, 0.15) is 29.5 Å². The number of halogens is 1. The first-order valence-corrected chi connectivity index (χ1v) is 11.6. The fourth-order valence-electron chi connectivity index (χ4n) is 4.46. The maximum Gasteiger partial charge on any atom is 0.273 e. The molecule has 0 saturated heterocycles. The number of H-pyrrole nitrogens is 1. The number of nitrogens with zero attached hydrogens (tertiary/aromatic N) is 2. The summed E-state index contributed by atoms with van der Waals surface area (Å²) in [5.41, 5.74) is 3.34. The van der Waals surface area contributed by atoms with Crippen LogP contribution in [-0.2, 0) is 6.54 Å². The van der Waals surface area contributed by atoms with Crippen molar-refractivity contribution >= 4 is 17.5 Å². The van der Waals surface area contributed by atoms with Crippen molar-refractivity contribution in [1.29, 1.82) is 0 Å². The molecule has 2 aromatic heterocycles. The summed E-state index contributed by atoms with van der Waals surface area (Å²) < 4.78 is 16.8. The number of fused-ring (bicyclic) bond motifs is 1. The Morgan fingerprint density at radius 1 is 1.28 bits per heavy atom. The lowest BCUT2D eigenvalue weighted by Crippen LogP contribution is -2.29. The number of carbonyl (C=O) groups is 1. The van der Waals surface area contributed by atoms with Gasteiger partial charge in [-0.15, -0.1) is 0 Å². The van der Waals surface area contributed by atoms with Crippen molar-refractivity contribution in [2.45, 2.75) is 19.5 Å². The number of ether oxygens (including phenoxy) is 2. The Balaban J connectivity index is 1.67. The molecule has 4 aromatic rings. The Hall–Kier alpha value is -4.17. The zero-order valence-electron chi connectivity index (χ0n) is 19.7. The molecule has 36 heavy (non-hydrogen) atoms. The summed E-state index contributed by atoms with van der Waals surface area (Å²) in [5.74, 6) is 1.48. The molecule has 2 N–H and O–H groups in total. The number of methoxy groups -OCH3 is 1. The van der Waals surface area contributed by atoms with Crippen LogP contribution in [0.15, 0.2) is 65.8 Å². The van der Waals surface area contributed by atoms with Crippen LogP contribution < -0.4 is 9.47 Å². The van der Waals surface area contributed by atoms with Gasteiger partial charge in [-0.05, 0) is 54.4 Å². The van der Waals surface area contributed by atoms with Crippen LogP contribution in [0.2, 0.25) is 5.02 Å². The van der Waals surface area contributed by atoms with Crippen LogP contribution in [0.5, 0.6) is 17.2 Å². The maximum absolute atomic E-state index is 13.6. The summed E-state index contributed by atoms with van der Waals surface area (Å²) in [7, 11) is 1.56. The Morgan fingerprint density at radius 3 is 2.83 bits per heavy atom. The predicted molar refractivity (Wildman–Crippen MR) is 135 cm³/mol. The second-order valence-corrected chi connectivity index (χ2v) is 8.81. The molecule has 9 heteroatoms. The molecule has 0 bridgehead atoms. The van der Waals surface area contributed by atoms with Crippen molar-refractivity contribution < 1.29 is 23.8 Å². The largest absolute Gasteiger partial charge is 0.507 e. The summed E-state index contributed by atoms with van der Waals surface area (Å²) in [6.45, 7) is 6.05. The van der Waals surface area contributed by atoms with Crippen molar-refractivity contribution in [3.05, 3.63) is 94.5 Å². The molecule has 3 heterocycles. The molecular formula is C27H24ClN3O5. The lowest BCUT2D eigenvalue weighted by molar-refractivity contribution is 0.0716. The number of aromatic hydroxyl groups is 1. The number of carbonyl (C=O) groups excluding carboxylic acids is 1. The normalized spacial score (nSPS) is 14.7. The number of hydrogen-bond acceptors (Lipinski definition) is 6. The third-order valence-corrected chi connectivity index (χ3v) is 6.57. The number of furan rings is 1. The Labute approximate surface area is 212 Å². The Kier molecular flexibility index (Phi) is 6.20.